The summed E-state index contributed by atoms with van der Waals surface area (Å²) in [5.41, 5.74) is 5.14. The number of hydrogen-bond acceptors (Lipinski definition) is 11. The zero-order chi connectivity index (χ0) is 30.6. The number of benzene rings is 2. The average molecular weight is 604 g/mol. The summed E-state index contributed by atoms with van der Waals surface area (Å²) in [5.74, 6) is 1.41. The van der Waals surface area contributed by atoms with E-state index in [-0.39, 0.29) is 0 Å². The molecular formula is C31H42N9O2P. The number of nitrogens with zero attached hydrogens (tertiary/aromatic N) is 7. The molecule has 0 amide bonds. The Kier molecular flexibility index (Phi) is 9.42. The lowest BCUT2D eigenvalue weighted by Gasteiger charge is -2.39. The van der Waals surface area contributed by atoms with Crippen molar-refractivity contribution in [1.82, 2.24) is 29.8 Å². The van der Waals surface area contributed by atoms with Gasteiger partial charge in [0.25, 0.3) is 0 Å². The van der Waals surface area contributed by atoms with Crippen molar-refractivity contribution in [3.8, 4) is 5.75 Å². The first kappa shape index (κ1) is 30.6. The second-order valence-electron chi connectivity index (χ2n) is 11.1. The zero-order valence-corrected chi connectivity index (χ0v) is 26.9. The molecular weight excluding hydrogens is 561 g/mol. The number of aryl methyl sites for hydroxylation is 1. The maximum atomic E-state index is 13.3. The van der Waals surface area contributed by atoms with Crippen molar-refractivity contribution in [2.75, 3.05) is 62.2 Å². The highest BCUT2D eigenvalue weighted by molar-refractivity contribution is 7.71. The molecule has 0 radical (unpaired) electrons. The number of piperidine rings is 1. The van der Waals surface area contributed by atoms with Gasteiger partial charge in [0.1, 0.15) is 24.7 Å². The number of hydrogen-bond donors (Lipinski definition) is 2. The summed E-state index contributed by atoms with van der Waals surface area (Å²) in [6, 6.07) is 8.58. The second-order valence-corrected chi connectivity index (χ2v) is 14.2. The predicted octanol–water partition coefficient (Wildman–Crippen LogP) is 5.43. The van der Waals surface area contributed by atoms with Gasteiger partial charge in [-0.1, -0.05) is 20.8 Å². The number of nitrogens with one attached hydrogen (secondary N) is 2. The fourth-order valence-electron chi connectivity index (χ4n) is 6.00. The van der Waals surface area contributed by atoms with Crippen LogP contribution in [-0.4, -0.2) is 82.5 Å². The maximum absolute atomic E-state index is 13.3. The van der Waals surface area contributed by atoms with Crippen LogP contribution in [0.25, 0.3) is 11.0 Å². The van der Waals surface area contributed by atoms with Crippen molar-refractivity contribution in [3.63, 3.8) is 0 Å². The lowest BCUT2D eigenvalue weighted by Crippen LogP contribution is -2.45. The van der Waals surface area contributed by atoms with Crippen molar-refractivity contribution in [2.24, 2.45) is 0 Å². The minimum Gasteiger partial charge on any atom is -0.494 e. The van der Waals surface area contributed by atoms with Gasteiger partial charge in [0.05, 0.1) is 29.3 Å². The molecule has 0 spiro atoms. The smallest absolute Gasteiger partial charge is 0.232 e. The van der Waals surface area contributed by atoms with Gasteiger partial charge in [0.15, 0.2) is 0 Å². The number of methoxy groups -OCH3 is 1. The molecule has 0 unspecified atom stereocenters. The Morgan fingerprint density at radius 1 is 0.953 bits per heavy atom. The van der Waals surface area contributed by atoms with E-state index in [9.17, 15) is 4.57 Å². The Morgan fingerprint density at radius 2 is 1.63 bits per heavy atom. The largest absolute Gasteiger partial charge is 0.494 e. The van der Waals surface area contributed by atoms with Crippen molar-refractivity contribution in [3.05, 3.63) is 48.5 Å². The summed E-state index contributed by atoms with van der Waals surface area (Å²) < 4.78 is 19.1. The molecule has 2 aromatic carbocycles. The van der Waals surface area contributed by atoms with Crippen LogP contribution in [0.4, 0.5) is 29.0 Å². The Labute approximate surface area is 253 Å². The van der Waals surface area contributed by atoms with E-state index < -0.39 is 7.14 Å². The fraction of sp³-hybridized carbons (Fsp3) is 0.452. The van der Waals surface area contributed by atoms with Gasteiger partial charge in [-0.15, -0.1) is 0 Å². The fourth-order valence-corrected chi connectivity index (χ4v) is 7.39. The van der Waals surface area contributed by atoms with E-state index >= 15 is 0 Å². The molecule has 228 valence electrons. The van der Waals surface area contributed by atoms with Crippen molar-refractivity contribution in [2.45, 2.75) is 46.1 Å². The summed E-state index contributed by atoms with van der Waals surface area (Å²) in [6.45, 7) is 14.4. The third kappa shape index (κ3) is 6.73. The van der Waals surface area contributed by atoms with Gasteiger partial charge in [-0.2, -0.15) is 4.98 Å². The van der Waals surface area contributed by atoms with Gasteiger partial charge in [-0.3, -0.25) is 9.97 Å². The molecule has 43 heavy (non-hydrogen) atoms. The molecule has 1 aliphatic heterocycles. The molecule has 0 bridgehead atoms. The van der Waals surface area contributed by atoms with Crippen LogP contribution in [0.5, 0.6) is 5.75 Å². The summed E-state index contributed by atoms with van der Waals surface area (Å²) in [6.07, 6.45) is 7.87. The molecule has 1 saturated heterocycles. The van der Waals surface area contributed by atoms with Crippen LogP contribution in [0.1, 0.15) is 39.2 Å². The summed E-state index contributed by atoms with van der Waals surface area (Å²) in [4.78, 5) is 27.2. The van der Waals surface area contributed by atoms with E-state index in [4.69, 9.17) is 4.74 Å². The van der Waals surface area contributed by atoms with Crippen molar-refractivity contribution >= 4 is 52.4 Å². The van der Waals surface area contributed by atoms with E-state index in [2.05, 4.69) is 78.3 Å². The molecule has 1 aliphatic rings. The molecule has 0 saturated carbocycles. The van der Waals surface area contributed by atoms with Crippen LogP contribution in [0.2, 0.25) is 0 Å². The van der Waals surface area contributed by atoms with Gasteiger partial charge in [-0.05, 0) is 69.4 Å². The second kappa shape index (κ2) is 13.2. The highest BCUT2D eigenvalue weighted by Crippen LogP contribution is 2.41. The number of aromatic nitrogens is 5. The molecule has 0 atom stereocenters. The SMILES string of the molecule is CCc1cc(Nc2ncnc(Nc3ccc4nccnc4c3P(C)(C)=O)n2)c(OC)cc1N1CCC(N(CC)CC)CC1. The zero-order valence-electron chi connectivity index (χ0n) is 26.0. The van der Waals surface area contributed by atoms with Crippen molar-refractivity contribution in [1.29, 1.82) is 0 Å². The first-order chi connectivity index (χ1) is 20.7. The number of ether oxygens (including phenoxy) is 1. The van der Waals surface area contributed by atoms with Crippen LogP contribution in [0.3, 0.4) is 0 Å². The summed E-state index contributed by atoms with van der Waals surface area (Å²) >= 11 is 0. The van der Waals surface area contributed by atoms with Gasteiger partial charge in [0, 0.05) is 43.3 Å². The molecule has 1 fully saturated rings. The van der Waals surface area contributed by atoms with Crippen LogP contribution in [0.15, 0.2) is 43.0 Å². The number of anilines is 5. The third-order valence-corrected chi connectivity index (χ3v) is 9.66. The number of fused-ring (bicyclic) bond motifs is 1. The molecule has 2 N–H and O–H groups in total. The highest BCUT2D eigenvalue weighted by atomic mass is 31.2. The Hall–Kier alpha value is -3.82. The predicted molar refractivity (Wildman–Crippen MR) is 176 cm³/mol. The topological polar surface area (TPSA) is 121 Å². The molecule has 4 aromatic rings. The van der Waals surface area contributed by atoms with Gasteiger partial charge < -0.3 is 29.7 Å². The molecule has 2 aromatic heterocycles. The van der Waals surface area contributed by atoms with Gasteiger partial charge in [0.2, 0.25) is 11.9 Å². The van der Waals surface area contributed by atoms with Crippen LogP contribution in [0, 0.1) is 0 Å². The van der Waals surface area contributed by atoms with Gasteiger partial charge >= 0.3 is 0 Å². The van der Waals surface area contributed by atoms with Crippen LogP contribution < -0.4 is 25.6 Å². The van der Waals surface area contributed by atoms with E-state index in [1.54, 1.807) is 32.8 Å². The average Bonchev–Trinajstić information content (AvgIpc) is 3.01. The lowest BCUT2D eigenvalue weighted by molar-refractivity contribution is 0.186. The molecule has 3 heterocycles. The highest BCUT2D eigenvalue weighted by Gasteiger charge is 2.25. The van der Waals surface area contributed by atoms with Crippen molar-refractivity contribution < 1.29 is 9.30 Å². The van der Waals surface area contributed by atoms with E-state index in [0.717, 1.165) is 56.9 Å². The monoisotopic (exact) mass is 603 g/mol. The summed E-state index contributed by atoms with van der Waals surface area (Å²) in [7, 11) is -1.05. The normalized spacial score (nSPS) is 14.3. The van der Waals surface area contributed by atoms with E-state index in [0.29, 0.717) is 40.0 Å². The quantitative estimate of drug-likeness (QED) is 0.213. The Bertz CT molecular complexity index is 1610. The Balaban J connectivity index is 1.39. The van der Waals surface area contributed by atoms with Gasteiger partial charge in [-0.25, -0.2) is 9.97 Å². The van der Waals surface area contributed by atoms with E-state index in [1.165, 1.54) is 17.6 Å². The first-order valence-corrected chi connectivity index (χ1v) is 17.6. The minimum atomic E-state index is -2.73. The van der Waals surface area contributed by atoms with E-state index in [1.807, 2.05) is 12.1 Å². The Morgan fingerprint density at radius 3 is 2.26 bits per heavy atom. The molecule has 5 rings (SSSR count). The van der Waals surface area contributed by atoms with Crippen LogP contribution in [-0.2, 0) is 11.0 Å². The molecule has 11 nitrogen and oxygen atoms in total. The van der Waals surface area contributed by atoms with Crippen LogP contribution >= 0.6 is 7.14 Å². The maximum Gasteiger partial charge on any atom is 0.232 e. The molecule has 0 aliphatic carbocycles. The third-order valence-electron chi connectivity index (χ3n) is 8.13. The standard InChI is InChI=1S/C31H42N9O2P/c1-7-21-18-25(27(42-4)19-26(21)40-16-12-22(13-17-40)39(8-2)9-3)37-31-35-20-34-30(38-31)36-24-11-10-23-28(33-15-14-32-23)29(24)43(5,6)41/h10-11,14-15,18-20,22H,7-9,12-13,16-17H2,1-6H3,(H2,34,35,36,37,38). The summed E-state index contributed by atoms with van der Waals surface area (Å²) in [5, 5.41) is 7.18. The first-order valence-electron chi connectivity index (χ1n) is 15.0. The number of rotatable bonds is 11. The lowest BCUT2D eigenvalue weighted by atomic mass is 10.00. The molecule has 12 heteroatoms. The minimum absolute atomic E-state index is 0.317.